The van der Waals surface area contributed by atoms with E-state index >= 15 is 0 Å². The Morgan fingerprint density at radius 1 is 0.567 bits per heavy atom. The summed E-state index contributed by atoms with van der Waals surface area (Å²) in [5.41, 5.74) is 13.3. The first-order chi connectivity index (χ1) is 32.8. The lowest BCUT2D eigenvalue weighted by Gasteiger charge is -2.40. The summed E-state index contributed by atoms with van der Waals surface area (Å²) in [7, 11) is 0. The molecule has 6 aromatic carbocycles. The monoisotopic (exact) mass is 889 g/mol. The van der Waals surface area contributed by atoms with Gasteiger partial charge < -0.3 is 19.8 Å². The highest BCUT2D eigenvalue weighted by Crippen LogP contribution is 2.51. The minimum absolute atomic E-state index is 0.0633. The number of amides is 2. The van der Waals surface area contributed by atoms with Crippen LogP contribution in [-0.4, -0.2) is 63.5 Å². The molecule has 2 spiro atoms. The van der Waals surface area contributed by atoms with Crippen LogP contribution in [0.25, 0.3) is 43.6 Å². The number of benzene rings is 6. The number of rotatable bonds is 8. The van der Waals surface area contributed by atoms with Gasteiger partial charge in [0.25, 0.3) is 0 Å². The third kappa shape index (κ3) is 7.72. The fourth-order valence-corrected chi connectivity index (χ4v) is 12.9. The van der Waals surface area contributed by atoms with Gasteiger partial charge in [-0.2, -0.15) is 0 Å². The zero-order chi connectivity index (χ0) is 45.7. The standard InChI is InChI=1S/C31H36N4O.C28H28N2O/c1-3-32-30(36)33-27-20-31(26-11-7-5-10-24(26)27)15-17-34(18-16-31)21-22-13-14-29-25(19-22)23-9-6-8-12-28(23)35(29)4-2;1-2-30-25-10-6-4-7-21(25)23-17-20(11-12-26(23)30)19-29-15-13-28(14-16-29)18-27(31)22-8-3-5-9-24(22)28/h5-14,19,27H,3-4,15-18,20-21H2,1-2H3,(H2,32,33,36);3-12,17H,2,13-16,18-19H2,1H3. The van der Waals surface area contributed by atoms with Crippen molar-refractivity contribution >= 4 is 55.4 Å². The number of carbonyl (C=O) groups is 2. The zero-order valence-corrected chi connectivity index (χ0v) is 39.5. The van der Waals surface area contributed by atoms with Crippen LogP contribution in [0.15, 0.2) is 133 Å². The van der Waals surface area contributed by atoms with Crippen molar-refractivity contribution in [2.75, 3.05) is 32.7 Å². The molecule has 2 N–H and O–H groups in total. The lowest BCUT2D eigenvalue weighted by atomic mass is 9.73. The Morgan fingerprint density at radius 3 is 1.63 bits per heavy atom. The molecule has 0 radical (unpaired) electrons. The number of piperidine rings is 2. The van der Waals surface area contributed by atoms with Gasteiger partial charge in [0.2, 0.25) is 0 Å². The second-order valence-corrected chi connectivity index (χ2v) is 19.8. The van der Waals surface area contributed by atoms with Gasteiger partial charge in [0.1, 0.15) is 0 Å². The van der Waals surface area contributed by atoms with E-state index in [1.54, 1.807) is 0 Å². The molecule has 8 heteroatoms. The summed E-state index contributed by atoms with van der Waals surface area (Å²) in [4.78, 5) is 30.0. The van der Waals surface area contributed by atoms with Crippen LogP contribution in [0.2, 0.25) is 0 Å². The van der Waals surface area contributed by atoms with Crippen molar-refractivity contribution in [3.63, 3.8) is 0 Å². The van der Waals surface area contributed by atoms with Crippen LogP contribution < -0.4 is 10.6 Å². The Labute approximate surface area is 394 Å². The van der Waals surface area contributed by atoms with Gasteiger partial charge in [-0.05, 0) is 143 Å². The van der Waals surface area contributed by atoms with Crippen molar-refractivity contribution in [3.05, 3.63) is 167 Å². The van der Waals surface area contributed by atoms with Gasteiger partial charge in [0.15, 0.2) is 5.78 Å². The maximum absolute atomic E-state index is 12.6. The number of nitrogens with one attached hydrogen (secondary N) is 2. The first-order valence-corrected chi connectivity index (χ1v) is 25.0. The highest BCUT2D eigenvalue weighted by molar-refractivity contribution is 6.09. The van der Waals surface area contributed by atoms with Crippen LogP contribution in [-0.2, 0) is 37.0 Å². The van der Waals surface area contributed by atoms with E-state index in [9.17, 15) is 9.59 Å². The van der Waals surface area contributed by atoms with Gasteiger partial charge in [0.05, 0.1) is 6.04 Å². The third-order valence-electron chi connectivity index (χ3n) is 16.2. The van der Waals surface area contributed by atoms with Gasteiger partial charge >= 0.3 is 6.03 Å². The summed E-state index contributed by atoms with van der Waals surface area (Å²) in [5.74, 6) is 0.335. The summed E-state index contributed by atoms with van der Waals surface area (Å²) in [6.07, 6.45) is 6.12. The maximum Gasteiger partial charge on any atom is 0.315 e. The van der Waals surface area contributed by atoms with Crippen molar-refractivity contribution < 1.29 is 9.59 Å². The summed E-state index contributed by atoms with van der Waals surface area (Å²) in [6, 6.07) is 48.6. The second kappa shape index (κ2) is 17.8. The second-order valence-electron chi connectivity index (χ2n) is 19.8. The number of urea groups is 1. The van der Waals surface area contributed by atoms with Crippen LogP contribution in [0.3, 0.4) is 0 Å². The van der Waals surface area contributed by atoms with Gasteiger partial charge in [-0.15, -0.1) is 0 Å². The molecular formula is C59H64N6O2. The Kier molecular flexibility index (Phi) is 11.5. The number of hydrogen-bond donors (Lipinski definition) is 2. The number of Topliss-reactive ketones (excluding diaryl/α,β-unsaturated/α-hetero) is 1. The van der Waals surface area contributed by atoms with E-state index in [1.165, 1.54) is 71.4 Å². The van der Waals surface area contributed by atoms with E-state index in [2.05, 4.69) is 165 Å². The molecule has 2 aliphatic heterocycles. The van der Waals surface area contributed by atoms with Crippen molar-refractivity contribution in [2.45, 2.75) is 102 Å². The third-order valence-corrected chi connectivity index (χ3v) is 16.2. The molecule has 8 nitrogen and oxygen atoms in total. The smallest absolute Gasteiger partial charge is 0.315 e. The predicted octanol–water partition coefficient (Wildman–Crippen LogP) is 12.0. The molecule has 1 atom stereocenters. The topological polar surface area (TPSA) is 74.5 Å². The highest BCUT2D eigenvalue weighted by Gasteiger charge is 2.46. The van der Waals surface area contributed by atoms with Crippen molar-refractivity contribution in [2.24, 2.45) is 0 Å². The zero-order valence-electron chi connectivity index (χ0n) is 39.5. The molecule has 0 saturated carbocycles. The van der Waals surface area contributed by atoms with Gasteiger partial charge in [-0.25, -0.2) is 4.79 Å². The quantitative estimate of drug-likeness (QED) is 0.159. The fraction of sp³-hybridized carbons (Fsp3) is 0.356. The Hall–Kier alpha value is -6.22. The summed E-state index contributed by atoms with van der Waals surface area (Å²) in [5, 5.41) is 11.5. The lowest BCUT2D eigenvalue weighted by Crippen LogP contribution is -2.42. The number of aromatic nitrogens is 2. The summed E-state index contributed by atoms with van der Waals surface area (Å²) < 4.78 is 4.83. The number of fused-ring (bicyclic) bond motifs is 10. The number of likely N-dealkylation sites (tertiary alicyclic amines) is 2. The van der Waals surface area contributed by atoms with Crippen molar-refractivity contribution in [3.8, 4) is 0 Å². The first kappa shape index (κ1) is 43.4. The molecule has 4 heterocycles. The number of ketones is 1. The van der Waals surface area contributed by atoms with Gasteiger partial charge in [-0.3, -0.25) is 14.6 Å². The highest BCUT2D eigenvalue weighted by atomic mass is 16.2. The molecule has 342 valence electrons. The molecule has 2 aromatic heterocycles. The first-order valence-electron chi connectivity index (χ1n) is 25.0. The number of hydrogen-bond acceptors (Lipinski definition) is 4. The van der Waals surface area contributed by atoms with Crippen molar-refractivity contribution in [1.82, 2.24) is 29.6 Å². The van der Waals surface area contributed by atoms with E-state index in [4.69, 9.17) is 0 Å². The average Bonchev–Trinajstić information content (AvgIpc) is 4.05. The predicted molar refractivity (Wildman–Crippen MR) is 274 cm³/mol. The molecule has 4 aliphatic rings. The average molecular weight is 889 g/mol. The van der Waals surface area contributed by atoms with E-state index in [0.717, 1.165) is 90.0 Å². The number of para-hydroxylation sites is 2. The van der Waals surface area contributed by atoms with E-state index in [-0.39, 0.29) is 22.9 Å². The minimum atomic E-state index is -0.0633. The lowest BCUT2D eigenvalue weighted by molar-refractivity contribution is 0.0931. The Morgan fingerprint density at radius 2 is 1.06 bits per heavy atom. The van der Waals surface area contributed by atoms with Crippen LogP contribution in [0.4, 0.5) is 4.79 Å². The molecule has 2 aliphatic carbocycles. The van der Waals surface area contributed by atoms with E-state index in [0.29, 0.717) is 18.7 Å². The number of carbonyl (C=O) groups excluding carboxylic acids is 2. The van der Waals surface area contributed by atoms with Crippen LogP contribution in [0, 0.1) is 0 Å². The fourth-order valence-electron chi connectivity index (χ4n) is 12.9. The molecule has 2 fully saturated rings. The van der Waals surface area contributed by atoms with E-state index in [1.807, 2.05) is 19.1 Å². The molecule has 2 saturated heterocycles. The van der Waals surface area contributed by atoms with Crippen LogP contribution in [0.5, 0.6) is 0 Å². The maximum atomic E-state index is 12.6. The summed E-state index contributed by atoms with van der Waals surface area (Å²) in [6.45, 7) is 15.2. The molecular weight excluding hydrogens is 825 g/mol. The SMILES string of the molecule is CCNC(=O)NC1CC2(CCN(Cc3ccc4c(c3)c3ccccc3n4CC)CC2)c2ccccc21.CCn1c2ccccc2c2cc(CN3CCC4(CC3)CC(=O)c3ccccc34)ccc21. The molecule has 12 rings (SSSR count). The largest absolute Gasteiger partial charge is 0.341 e. The minimum Gasteiger partial charge on any atom is -0.341 e. The van der Waals surface area contributed by atoms with Crippen LogP contribution >= 0.6 is 0 Å². The number of aryl methyl sites for hydroxylation is 2. The van der Waals surface area contributed by atoms with Gasteiger partial charge in [-0.1, -0.05) is 97.1 Å². The number of nitrogens with zero attached hydrogens (tertiary/aromatic N) is 4. The van der Waals surface area contributed by atoms with E-state index < -0.39 is 0 Å². The molecule has 1 unspecified atom stereocenters. The molecule has 0 bridgehead atoms. The Bertz CT molecular complexity index is 3140. The van der Waals surface area contributed by atoms with Gasteiger partial charge in [0, 0.05) is 99.1 Å². The molecule has 8 aromatic rings. The van der Waals surface area contributed by atoms with Crippen LogP contribution in [0.1, 0.15) is 104 Å². The summed E-state index contributed by atoms with van der Waals surface area (Å²) >= 11 is 0. The Balaban J connectivity index is 0.000000149. The normalized spacial score (nSPS) is 18.7. The molecule has 67 heavy (non-hydrogen) atoms. The molecule has 2 amide bonds. The van der Waals surface area contributed by atoms with Crippen molar-refractivity contribution in [1.29, 1.82) is 0 Å².